The van der Waals surface area contributed by atoms with Crippen molar-refractivity contribution in [1.29, 1.82) is 0 Å². The van der Waals surface area contributed by atoms with Crippen LogP contribution in [0.3, 0.4) is 0 Å². The second-order valence-corrected chi connectivity index (χ2v) is 6.10. The number of halogens is 1. The molecule has 134 valence electrons. The van der Waals surface area contributed by atoms with Crippen LogP contribution in [0.1, 0.15) is 17.2 Å². The highest BCUT2D eigenvalue weighted by atomic mass is 19.1. The number of hydrogen-bond donors (Lipinski definition) is 0. The van der Waals surface area contributed by atoms with E-state index in [-0.39, 0.29) is 11.9 Å². The number of benzene rings is 2. The Kier molecular flexibility index (Phi) is 4.66. The summed E-state index contributed by atoms with van der Waals surface area (Å²) in [6.07, 6.45) is 7.16. The molecule has 1 atom stereocenters. The Morgan fingerprint density at radius 2 is 1.67 bits per heavy atom. The number of hydrogen-bond acceptors (Lipinski definition) is 3. The van der Waals surface area contributed by atoms with Crippen LogP contribution in [-0.2, 0) is 0 Å². The van der Waals surface area contributed by atoms with Crippen LogP contribution in [-0.4, -0.2) is 21.6 Å². The summed E-state index contributed by atoms with van der Waals surface area (Å²) in [6, 6.07) is 18.4. The zero-order valence-electron chi connectivity index (χ0n) is 14.8. The van der Waals surface area contributed by atoms with Gasteiger partial charge >= 0.3 is 0 Å². The summed E-state index contributed by atoms with van der Waals surface area (Å²) in [7, 11) is 1.57. The van der Waals surface area contributed by atoms with Gasteiger partial charge in [0.2, 0.25) is 0 Å². The highest BCUT2D eigenvalue weighted by Gasteiger charge is 2.21. The Hall–Kier alpha value is -3.47. The van der Waals surface area contributed by atoms with E-state index in [0.29, 0.717) is 17.1 Å². The minimum Gasteiger partial charge on any atom is -0.496 e. The average molecular weight is 359 g/mol. The SMILES string of the molecule is COc1ccc(F)cc1-c1nccn1[C@H](c1ccccc1)c1ccncc1. The minimum absolute atomic E-state index is 0.125. The quantitative estimate of drug-likeness (QED) is 0.517. The lowest BCUT2D eigenvalue weighted by Gasteiger charge is -2.22. The summed E-state index contributed by atoms with van der Waals surface area (Å²) in [4.78, 5) is 8.64. The van der Waals surface area contributed by atoms with Gasteiger partial charge in [0, 0.05) is 24.8 Å². The monoisotopic (exact) mass is 359 g/mol. The Bertz CT molecular complexity index is 992. The van der Waals surface area contributed by atoms with Crippen LogP contribution < -0.4 is 4.74 Å². The second kappa shape index (κ2) is 7.41. The molecule has 4 aromatic rings. The summed E-state index contributed by atoms with van der Waals surface area (Å²) in [5, 5.41) is 0. The Balaban J connectivity index is 1.92. The van der Waals surface area contributed by atoms with Crippen molar-refractivity contribution >= 4 is 0 Å². The normalized spacial score (nSPS) is 11.9. The van der Waals surface area contributed by atoms with Crippen molar-refractivity contribution < 1.29 is 9.13 Å². The van der Waals surface area contributed by atoms with E-state index in [9.17, 15) is 4.39 Å². The van der Waals surface area contributed by atoms with E-state index in [2.05, 4.69) is 22.1 Å². The van der Waals surface area contributed by atoms with Gasteiger partial charge in [0.1, 0.15) is 17.4 Å². The molecule has 0 saturated carbocycles. The van der Waals surface area contributed by atoms with E-state index in [1.54, 1.807) is 31.8 Å². The van der Waals surface area contributed by atoms with Crippen molar-refractivity contribution in [3.63, 3.8) is 0 Å². The van der Waals surface area contributed by atoms with Crippen LogP contribution in [0.4, 0.5) is 4.39 Å². The lowest BCUT2D eigenvalue weighted by atomic mass is 9.99. The highest BCUT2D eigenvalue weighted by Crippen LogP contribution is 2.35. The van der Waals surface area contributed by atoms with Gasteiger partial charge in [-0.05, 0) is 41.5 Å². The standard InChI is InChI=1S/C22H18FN3O/c1-27-20-8-7-18(23)15-19(20)22-25-13-14-26(22)21(16-5-3-2-4-6-16)17-9-11-24-12-10-17/h2-15,21H,1H3/t21-/m1/s1. The molecule has 0 bridgehead atoms. The number of pyridine rings is 1. The highest BCUT2D eigenvalue weighted by molar-refractivity contribution is 5.65. The lowest BCUT2D eigenvalue weighted by molar-refractivity contribution is 0.414. The summed E-state index contributed by atoms with van der Waals surface area (Å²) in [5.41, 5.74) is 2.77. The Labute approximate surface area is 156 Å². The molecule has 0 aliphatic carbocycles. The zero-order valence-corrected chi connectivity index (χ0v) is 14.8. The van der Waals surface area contributed by atoms with Crippen LogP contribution >= 0.6 is 0 Å². The molecular formula is C22H18FN3O. The van der Waals surface area contributed by atoms with Crippen LogP contribution in [0.25, 0.3) is 11.4 Å². The molecule has 0 aliphatic heterocycles. The first-order chi connectivity index (χ1) is 13.3. The van der Waals surface area contributed by atoms with Gasteiger partial charge in [0.05, 0.1) is 18.7 Å². The smallest absolute Gasteiger partial charge is 0.144 e. The maximum atomic E-state index is 14.0. The summed E-state index contributed by atoms with van der Waals surface area (Å²) >= 11 is 0. The van der Waals surface area contributed by atoms with Crippen molar-refractivity contribution in [1.82, 2.24) is 14.5 Å². The molecule has 4 nitrogen and oxygen atoms in total. The average Bonchev–Trinajstić information content (AvgIpc) is 3.19. The molecule has 0 radical (unpaired) electrons. The fraction of sp³-hybridized carbons (Fsp3) is 0.0909. The second-order valence-electron chi connectivity index (χ2n) is 6.10. The van der Waals surface area contributed by atoms with Gasteiger partial charge in [0.25, 0.3) is 0 Å². The molecule has 0 amide bonds. The molecule has 0 spiro atoms. The number of rotatable bonds is 5. The molecule has 2 aromatic heterocycles. The lowest BCUT2D eigenvalue weighted by Crippen LogP contribution is -2.13. The zero-order chi connectivity index (χ0) is 18.6. The van der Waals surface area contributed by atoms with Crippen molar-refractivity contribution in [2.45, 2.75) is 6.04 Å². The fourth-order valence-electron chi connectivity index (χ4n) is 3.28. The molecule has 0 unspecified atom stereocenters. The van der Waals surface area contributed by atoms with E-state index >= 15 is 0 Å². The Morgan fingerprint density at radius 3 is 2.41 bits per heavy atom. The van der Waals surface area contributed by atoms with Crippen LogP contribution in [0, 0.1) is 5.82 Å². The van der Waals surface area contributed by atoms with Crippen LogP contribution in [0.5, 0.6) is 5.75 Å². The van der Waals surface area contributed by atoms with E-state index in [1.807, 2.05) is 41.1 Å². The number of imidazole rings is 1. The molecule has 5 heteroatoms. The maximum absolute atomic E-state index is 14.0. The first-order valence-electron chi connectivity index (χ1n) is 8.59. The molecular weight excluding hydrogens is 341 g/mol. The largest absolute Gasteiger partial charge is 0.496 e. The predicted octanol–water partition coefficient (Wildman–Crippen LogP) is 4.73. The third kappa shape index (κ3) is 3.31. The number of methoxy groups -OCH3 is 1. The molecule has 0 saturated heterocycles. The van der Waals surface area contributed by atoms with E-state index in [4.69, 9.17) is 4.74 Å². The third-order valence-electron chi connectivity index (χ3n) is 4.49. The number of nitrogens with zero attached hydrogens (tertiary/aromatic N) is 3. The van der Waals surface area contributed by atoms with E-state index in [1.165, 1.54) is 12.1 Å². The summed E-state index contributed by atoms with van der Waals surface area (Å²) < 4.78 is 21.4. The molecule has 0 aliphatic rings. The van der Waals surface area contributed by atoms with Gasteiger partial charge in [-0.3, -0.25) is 4.98 Å². The van der Waals surface area contributed by atoms with Gasteiger partial charge in [0.15, 0.2) is 0 Å². The van der Waals surface area contributed by atoms with E-state index in [0.717, 1.165) is 11.1 Å². The van der Waals surface area contributed by atoms with Crippen LogP contribution in [0.2, 0.25) is 0 Å². The van der Waals surface area contributed by atoms with Crippen LogP contribution in [0.15, 0.2) is 85.5 Å². The summed E-state index contributed by atoms with van der Waals surface area (Å²) in [6.45, 7) is 0. The van der Waals surface area contributed by atoms with Crippen molar-refractivity contribution in [3.8, 4) is 17.1 Å². The minimum atomic E-state index is -0.333. The van der Waals surface area contributed by atoms with Gasteiger partial charge in [-0.1, -0.05) is 30.3 Å². The fourth-order valence-corrected chi connectivity index (χ4v) is 3.28. The van der Waals surface area contributed by atoms with Crippen molar-refractivity contribution in [3.05, 3.63) is 102 Å². The molecule has 2 heterocycles. The van der Waals surface area contributed by atoms with Gasteiger partial charge in [-0.2, -0.15) is 0 Å². The Morgan fingerprint density at radius 1 is 0.926 bits per heavy atom. The first kappa shape index (κ1) is 17.0. The summed E-state index contributed by atoms with van der Waals surface area (Å²) in [5.74, 6) is 0.878. The topological polar surface area (TPSA) is 39.9 Å². The third-order valence-corrected chi connectivity index (χ3v) is 4.49. The molecule has 0 fully saturated rings. The van der Waals surface area contributed by atoms with Crippen molar-refractivity contribution in [2.24, 2.45) is 0 Å². The van der Waals surface area contributed by atoms with Gasteiger partial charge in [-0.25, -0.2) is 9.37 Å². The van der Waals surface area contributed by atoms with Gasteiger partial charge < -0.3 is 9.30 Å². The number of ether oxygens (including phenoxy) is 1. The van der Waals surface area contributed by atoms with E-state index < -0.39 is 0 Å². The predicted molar refractivity (Wildman–Crippen MR) is 102 cm³/mol. The molecule has 4 rings (SSSR count). The molecule has 2 aromatic carbocycles. The molecule has 27 heavy (non-hydrogen) atoms. The molecule has 0 N–H and O–H groups in total. The van der Waals surface area contributed by atoms with Gasteiger partial charge in [-0.15, -0.1) is 0 Å². The number of aromatic nitrogens is 3. The maximum Gasteiger partial charge on any atom is 0.144 e. The first-order valence-corrected chi connectivity index (χ1v) is 8.59. The van der Waals surface area contributed by atoms with Crippen molar-refractivity contribution in [2.75, 3.05) is 7.11 Å².